The van der Waals surface area contributed by atoms with E-state index in [-0.39, 0.29) is 5.97 Å². The molecule has 2 rings (SSSR count). The maximum absolute atomic E-state index is 11.3. The number of esters is 1. The molecule has 0 unspecified atom stereocenters. The molecule has 1 N–H and O–H groups in total. The van der Waals surface area contributed by atoms with Crippen LogP contribution in [0.15, 0.2) is 47.3 Å². The van der Waals surface area contributed by atoms with Crippen molar-refractivity contribution in [2.24, 2.45) is 0 Å². The van der Waals surface area contributed by atoms with Gasteiger partial charge in [0.25, 0.3) is 0 Å². The molecular weight excluding hydrogens is 242 g/mol. The lowest BCUT2D eigenvalue weighted by molar-refractivity contribution is -0.139. The molecule has 19 heavy (non-hydrogen) atoms. The fourth-order valence-electron chi connectivity index (χ4n) is 1.86. The lowest BCUT2D eigenvalue weighted by Gasteiger charge is -2.09. The number of ether oxygens (including phenoxy) is 1. The highest BCUT2D eigenvalue weighted by atomic mass is 16.5. The van der Waals surface area contributed by atoms with Crippen LogP contribution in [0.2, 0.25) is 0 Å². The summed E-state index contributed by atoms with van der Waals surface area (Å²) in [6.07, 6.45) is 3.68. The van der Waals surface area contributed by atoms with E-state index in [2.05, 4.69) is 5.32 Å². The van der Waals surface area contributed by atoms with Crippen molar-refractivity contribution in [2.75, 3.05) is 7.11 Å². The van der Waals surface area contributed by atoms with Crippen LogP contribution in [-0.2, 0) is 29.0 Å². The van der Waals surface area contributed by atoms with Crippen molar-refractivity contribution in [2.45, 2.75) is 19.5 Å². The summed E-state index contributed by atoms with van der Waals surface area (Å²) >= 11 is 0. The number of nitrogens with one attached hydrogen (secondary N) is 1. The fourth-order valence-corrected chi connectivity index (χ4v) is 1.86. The summed E-state index contributed by atoms with van der Waals surface area (Å²) in [6, 6.07) is 9.78. The van der Waals surface area contributed by atoms with E-state index in [9.17, 15) is 4.79 Å². The number of furan rings is 1. The van der Waals surface area contributed by atoms with Crippen molar-refractivity contribution >= 4 is 5.97 Å². The summed E-state index contributed by atoms with van der Waals surface area (Å²) in [6.45, 7) is 1.45. The zero-order valence-corrected chi connectivity index (χ0v) is 10.9. The van der Waals surface area contributed by atoms with E-state index in [4.69, 9.17) is 9.15 Å². The van der Waals surface area contributed by atoms with Crippen LogP contribution in [-0.4, -0.2) is 13.1 Å². The van der Waals surface area contributed by atoms with Crippen LogP contribution in [0.3, 0.4) is 0 Å². The predicted octanol–water partition coefficient (Wildman–Crippen LogP) is 2.28. The smallest absolute Gasteiger partial charge is 0.309 e. The Kier molecular flexibility index (Phi) is 4.75. The van der Waals surface area contributed by atoms with Gasteiger partial charge in [0.15, 0.2) is 0 Å². The Morgan fingerprint density at radius 2 is 2.00 bits per heavy atom. The zero-order valence-electron chi connectivity index (χ0n) is 10.9. The molecule has 0 saturated carbocycles. The number of benzene rings is 1. The van der Waals surface area contributed by atoms with Crippen LogP contribution < -0.4 is 5.32 Å². The van der Waals surface area contributed by atoms with E-state index in [1.807, 2.05) is 30.3 Å². The number of carbonyl (C=O) groups excluding carboxylic acids is 1. The van der Waals surface area contributed by atoms with Gasteiger partial charge < -0.3 is 14.5 Å². The number of hydrogen-bond donors (Lipinski definition) is 1. The van der Waals surface area contributed by atoms with E-state index < -0.39 is 0 Å². The summed E-state index contributed by atoms with van der Waals surface area (Å²) < 4.78 is 9.71. The second-order valence-electron chi connectivity index (χ2n) is 4.26. The second-order valence-corrected chi connectivity index (χ2v) is 4.26. The molecule has 100 valence electrons. The third-order valence-electron chi connectivity index (χ3n) is 2.91. The van der Waals surface area contributed by atoms with Gasteiger partial charge in [-0.25, -0.2) is 0 Å². The molecule has 0 aliphatic carbocycles. The molecule has 0 fully saturated rings. The van der Waals surface area contributed by atoms with Gasteiger partial charge in [-0.2, -0.15) is 0 Å². The molecule has 0 aliphatic heterocycles. The molecular formula is C15H17NO3. The third kappa shape index (κ3) is 3.96. The summed E-state index contributed by atoms with van der Waals surface area (Å²) in [7, 11) is 1.40. The van der Waals surface area contributed by atoms with Crippen molar-refractivity contribution in [3.63, 3.8) is 0 Å². The predicted molar refractivity (Wildman–Crippen MR) is 71.4 cm³/mol. The molecule has 1 heterocycles. The van der Waals surface area contributed by atoms with Crippen LogP contribution in [0.4, 0.5) is 0 Å². The van der Waals surface area contributed by atoms with E-state index in [0.29, 0.717) is 13.0 Å². The van der Waals surface area contributed by atoms with Gasteiger partial charge in [0.2, 0.25) is 0 Å². The molecule has 0 saturated heterocycles. The summed E-state index contributed by atoms with van der Waals surface area (Å²) in [5, 5.41) is 3.32. The minimum absolute atomic E-state index is 0.220. The monoisotopic (exact) mass is 259 g/mol. The lowest BCUT2D eigenvalue weighted by Crippen LogP contribution is -2.15. The van der Waals surface area contributed by atoms with E-state index in [1.165, 1.54) is 7.11 Å². The van der Waals surface area contributed by atoms with Gasteiger partial charge in [-0.1, -0.05) is 24.3 Å². The Morgan fingerprint density at radius 3 is 2.68 bits per heavy atom. The standard InChI is InChI=1S/C15H17NO3/c1-18-15(17)8-13-4-2-3-5-14(13)10-16-9-12-6-7-19-11-12/h2-7,11,16H,8-10H2,1H3. The van der Waals surface area contributed by atoms with Gasteiger partial charge in [0.1, 0.15) is 0 Å². The first-order valence-electron chi connectivity index (χ1n) is 6.15. The van der Waals surface area contributed by atoms with Gasteiger partial charge >= 0.3 is 5.97 Å². The topological polar surface area (TPSA) is 51.5 Å². The van der Waals surface area contributed by atoms with Crippen LogP contribution in [0.25, 0.3) is 0 Å². The van der Waals surface area contributed by atoms with Crippen molar-refractivity contribution in [3.05, 3.63) is 59.5 Å². The minimum atomic E-state index is -0.220. The molecule has 1 aromatic carbocycles. The van der Waals surface area contributed by atoms with Gasteiger partial charge in [0.05, 0.1) is 26.1 Å². The number of methoxy groups -OCH3 is 1. The van der Waals surface area contributed by atoms with Crippen molar-refractivity contribution < 1.29 is 13.9 Å². The van der Waals surface area contributed by atoms with E-state index >= 15 is 0 Å². The molecule has 0 spiro atoms. The normalized spacial score (nSPS) is 10.4. The van der Waals surface area contributed by atoms with E-state index in [0.717, 1.165) is 23.2 Å². The highest BCUT2D eigenvalue weighted by Gasteiger charge is 2.07. The Morgan fingerprint density at radius 1 is 1.21 bits per heavy atom. The Bertz CT molecular complexity index is 520. The van der Waals surface area contributed by atoms with Crippen molar-refractivity contribution in [3.8, 4) is 0 Å². The van der Waals surface area contributed by atoms with Crippen molar-refractivity contribution in [1.82, 2.24) is 5.32 Å². The zero-order chi connectivity index (χ0) is 13.5. The van der Waals surface area contributed by atoms with E-state index in [1.54, 1.807) is 12.5 Å². The van der Waals surface area contributed by atoms with Gasteiger partial charge in [0, 0.05) is 18.7 Å². The van der Waals surface area contributed by atoms with Crippen molar-refractivity contribution in [1.29, 1.82) is 0 Å². The Balaban J connectivity index is 1.93. The van der Waals surface area contributed by atoms with Gasteiger partial charge in [-0.05, 0) is 17.2 Å². The molecule has 4 heteroatoms. The maximum Gasteiger partial charge on any atom is 0.309 e. The largest absolute Gasteiger partial charge is 0.472 e. The first-order valence-corrected chi connectivity index (χ1v) is 6.15. The summed E-state index contributed by atoms with van der Waals surface area (Å²) in [5.41, 5.74) is 3.20. The molecule has 4 nitrogen and oxygen atoms in total. The molecule has 0 atom stereocenters. The van der Waals surface area contributed by atoms with Gasteiger partial charge in [-0.15, -0.1) is 0 Å². The van der Waals surface area contributed by atoms with Crippen LogP contribution in [0, 0.1) is 0 Å². The first kappa shape index (κ1) is 13.4. The molecule has 0 amide bonds. The highest BCUT2D eigenvalue weighted by molar-refractivity contribution is 5.72. The number of rotatable bonds is 6. The quantitative estimate of drug-likeness (QED) is 0.809. The fraction of sp³-hybridized carbons (Fsp3) is 0.267. The molecule has 1 aromatic heterocycles. The number of carbonyl (C=O) groups is 1. The summed E-state index contributed by atoms with van der Waals surface area (Å²) in [4.78, 5) is 11.3. The van der Waals surface area contributed by atoms with Gasteiger partial charge in [-0.3, -0.25) is 4.79 Å². The average Bonchev–Trinajstić information content (AvgIpc) is 2.94. The van der Waals surface area contributed by atoms with Crippen LogP contribution in [0.1, 0.15) is 16.7 Å². The SMILES string of the molecule is COC(=O)Cc1ccccc1CNCc1ccoc1. The lowest BCUT2D eigenvalue weighted by atomic mass is 10.0. The Hall–Kier alpha value is -2.07. The molecule has 2 aromatic rings. The summed E-state index contributed by atoms with van der Waals surface area (Å²) in [5.74, 6) is -0.220. The third-order valence-corrected chi connectivity index (χ3v) is 2.91. The van der Waals surface area contributed by atoms with Crippen LogP contribution >= 0.6 is 0 Å². The highest BCUT2D eigenvalue weighted by Crippen LogP contribution is 2.10. The minimum Gasteiger partial charge on any atom is -0.472 e. The molecule has 0 bridgehead atoms. The first-order chi connectivity index (χ1) is 9.29. The number of hydrogen-bond acceptors (Lipinski definition) is 4. The Labute approximate surface area is 112 Å². The maximum atomic E-state index is 11.3. The molecule has 0 radical (unpaired) electrons. The molecule has 0 aliphatic rings. The average molecular weight is 259 g/mol. The second kappa shape index (κ2) is 6.75. The van der Waals surface area contributed by atoms with Crippen LogP contribution in [0.5, 0.6) is 0 Å².